The summed E-state index contributed by atoms with van der Waals surface area (Å²) in [5.41, 5.74) is 0.365. The van der Waals surface area contributed by atoms with E-state index in [1.807, 2.05) is 0 Å². The topological polar surface area (TPSA) is 91.7 Å². The van der Waals surface area contributed by atoms with Gasteiger partial charge in [-0.3, -0.25) is 9.59 Å². The highest BCUT2D eigenvalue weighted by Crippen LogP contribution is 2.04. The van der Waals surface area contributed by atoms with Gasteiger partial charge in [-0.2, -0.15) is 0 Å². The molecule has 0 amide bonds. The summed E-state index contributed by atoms with van der Waals surface area (Å²) in [5.74, 6) is -3.86. The molecule has 1 rings (SSSR count). The van der Waals surface area contributed by atoms with Gasteiger partial charge in [-0.25, -0.2) is 4.79 Å². The Labute approximate surface area is 97.0 Å². The highest BCUT2D eigenvalue weighted by Gasteiger charge is 2.12. The third-order valence-electron chi connectivity index (χ3n) is 1.95. The fraction of sp³-hybridized carbons (Fsp3) is 0.0833. The maximum Gasteiger partial charge on any atom is 0.371 e. The molecule has 0 saturated carbocycles. The molecular weight excluding hydrogens is 224 g/mol. The van der Waals surface area contributed by atoms with E-state index < -0.39 is 29.7 Å². The molecule has 0 spiro atoms. The van der Waals surface area contributed by atoms with Crippen molar-refractivity contribution in [2.45, 2.75) is 6.42 Å². The highest BCUT2D eigenvalue weighted by molar-refractivity contribution is 6.12. The Bertz CT molecular complexity index is 473. The Morgan fingerprint density at radius 1 is 1.06 bits per heavy atom. The van der Waals surface area contributed by atoms with Gasteiger partial charge in [0.15, 0.2) is 11.6 Å². The average molecular weight is 234 g/mol. The van der Waals surface area contributed by atoms with Crippen LogP contribution >= 0.6 is 0 Å². The molecular formula is C12H10O5. The molecule has 88 valence electrons. The number of ketones is 2. The van der Waals surface area contributed by atoms with Crippen LogP contribution in [0.5, 0.6) is 0 Å². The number of rotatable bonds is 5. The molecule has 5 heteroatoms. The first kappa shape index (κ1) is 12.6. The minimum Gasteiger partial charge on any atom is -0.502 e. The third kappa shape index (κ3) is 3.90. The monoisotopic (exact) mass is 234 g/mol. The Morgan fingerprint density at radius 3 is 2.18 bits per heavy atom. The standard InChI is InChI=1S/C12H10O5/c13-9(7-11(15)12(16)17)6-10(14)8-4-2-1-3-5-8/h1-5,7,15H,6H2,(H,16,17). The molecule has 0 bridgehead atoms. The smallest absolute Gasteiger partial charge is 0.371 e. The summed E-state index contributed by atoms with van der Waals surface area (Å²) >= 11 is 0. The van der Waals surface area contributed by atoms with Crippen LogP contribution < -0.4 is 0 Å². The molecule has 17 heavy (non-hydrogen) atoms. The van der Waals surface area contributed by atoms with Crippen LogP contribution in [0.25, 0.3) is 0 Å². The van der Waals surface area contributed by atoms with Crippen molar-refractivity contribution in [1.29, 1.82) is 0 Å². The van der Waals surface area contributed by atoms with Crippen molar-refractivity contribution in [3.8, 4) is 0 Å². The molecule has 0 unspecified atom stereocenters. The number of carboxylic acids is 1. The lowest BCUT2D eigenvalue weighted by Crippen LogP contribution is -2.08. The number of Topliss-reactive ketones (excluding diaryl/α,β-unsaturated/α-hetero) is 1. The number of allylic oxidation sites excluding steroid dienone is 1. The molecule has 2 N–H and O–H groups in total. The van der Waals surface area contributed by atoms with Crippen molar-refractivity contribution < 1.29 is 24.6 Å². The Kier molecular flexibility index (Phi) is 4.16. The second-order valence-corrected chi connectivity index (χ2v) is 3.27. The number of hydrogen-bond donors (Lipinski definition) is 2. The lowest BCUT2D eigenvalue weighted by atomic mass is 10.1. The maximum atomic E-state index is 11.5. The molecule has 1 aromatic carbocycles. The van der Waals surface area contributed by atoms with Crippen molar-refractivity contribution in [2.24, 2.45) is 0 Å². The Balaban J connectivity index is 2.68. The predicted octanol–water partition coefficient (Wildman–Crippen LogP) is 1.36. The van der Waals surface area contributed by atoms with Crippen LogP contribution in [-0.4, -0.2) is 27.7 Å². The number of aliphatic hydroxyl groups excluding tert-OH is 1. The zero-order chi connectivity index (χ0) is 12.8. The molecule has 0 heterocycles. The van der Waals surface area contributed by atoms with Crippen molar-refractivity contribution in [3.05, 3.63) is 47.7 Å². The van der Waals surface area contributed by atoms with E-state index >= 15 is 0 Å². The van der Waals surface area contributed by atoms with Gasteiger partial charge < -0.3 is 10.2 Å². The zero-order valence-electron chi connectivity index (χ0n) is 8.79. The average Bonchev–Trinajstić information content (AvgIpc) is 2.29. The first-order chi connectivity index (χ1) is 8.00. The lowest BCUT2D eigenvalue weighted by molar-refractivity contribution is -0.135. The predicted molar refractivity (Wildman–Crippen MR) is 58.7 cm³/mol. The van der Waals surface area contributed by atoms with E-state index in [9.17, 15) is 14.4 Å². The van der Waals surface area contributed by atoms with Crippen LogP contribution in [0.2, 0.25) is 0 Å². The van der Waals surface area contributed by atoms with E-state index in [1.54, 1.807) is 30.3 Å². The van der Waals surface area contributed by atoms with Crippen LogP contribution in [0.4, 0.5) is 0 Å². The number of aliphatic carboxylic acids is 1. The van der Waals surface area contributed by atoms with Gasteiger partial charge in [-0.05, 0) is 0 Å². The SMILES string of the molecule is O=C(C=C(O)C(=O)O)CC(=O)c1ccccc1. The highest BCUT2D eigenvalue weighted by atomic mass is 16.4. The van der Waals surface area contributed by atoms with E-state index in [0.717, 1.165) is 0 Å². The van der Waals surface area contributed by atoms with Crippen molar-refractivity contribution in [1.82, 2.24) is 0 Å². The van der Waals surface area contributed by atoms with E-state index in [1.165, 1.54) is 0 Å². The summed E-state index contributed by atoms with van der Waals surface area (Å²) < 4.78 is 0. The largest absolute Gasteiger partial charge is 0.502 e. The molecule has 0 fully saturated rings. The van der Waals surface area contributed by atoms with Gasteiger partial charge in [0, 0.05) is 11.6 Å². The number of carboxylic acid groups (broad SMARTS) is 1. The van der Waals surface area contributed by atoms with Gasteiger partial charge in [-0.15, -0.1) is 0 Å². The summed E-state index contributed by atoms with van der Waals surface area (Å²) in [6.07, 6.45) is 0.0600. The minimum absolute atomic E-state index is 0.365. The Hall–Kier alpha value is -2.43. The van der Waals surface area contributed by atoms with E-state index in [2.05, 4.69) is 0 Å². The van der Waals surface area contributed by atoms with E-state index in [4.69, 9.17) is 10.2 Å². The molecule has 0 radical (unpaired) electrons. The third-order valence-corrected chi connectivity index (χ3v) is 1.95. The summed E-state index contributed by atoms with van der Waals surface area (Å²) in [5, 5.41) is 17.1. The summed E-state index contributed by atoms with van der Waals surface area (Å²) in [4.78, 5) is 33.0. The van der Waals surface area contributed by atoms with Gasteiger partial charge in [0.25, 0.3) is 0 Å². The van der Waals surface area contributed by atoms with Crippen molar-refractivity contribution in [3.63, 3.8) is 0 Å². The summed E-state index contributed by atoms with van der Waals surface area (Å²) in [6.45, 7) is 0. The maximum absolute atomic E-state index is 11.5. The second kappa shape index (κ2) is 5.60. The van der Waals surface area contributed by atoms with E-state index in [0.29, 0.717) is 11.6 Å². The van der Waals surface area contributed by atoms with Crippen LogP contribution in [0.3, 0.4) is 0 Å². The normalized spacial score (nSPS) is 10.9. The summed E-state index contributed by atoms with van der Waals surface area (Å²) in [6, 6.07) is 8.14. The minimum atomic E-state index is -1.61. The zero-order valence-corrected chi connectivity index (χ0v) is 8.79. The van der Waals surface area contributed by atoms with Gasteiger partial charge in [0.1, 0.15) is 0 Å². The quantitative estimate of drug-likeness (QED) is 0.347. The van der Waals surface area contributed by atoms with Crippen LogP contribution in [0.15, 0.2) is 42.2 Å². The number of hydrogen-bond acceptors (Lipinski definition) is 4. The van der Waals surface area contributed by atoms with Crippen LogP contribution in [0, 0.1) is 0 Å². The Morgan fingerprint density at radius 2 is 1.65 bits per heavy atom. The van der Waals surface area contributed by atoms with Gasteiger partial charge in [0.2, 0.25) is 5.76 Å². The molecule has 0 aliphatic heterocycles. The van der Waals surface area contributed by atoms with E-state index in [-0.39, 0.29) is 0 Å². The number of benzene rings is 1. The first-order valence-corrected chi connectivity index (χ1v) is 4.75. The van der Waals surface area contributed by atoms with Crippen molar-refractivity contribution in [2.75, 3.05) is 0 Å². The number of carbonyl (C=O) groups is 3. The van der Waals surface area contributed by atoms with Gasteiger partial charge >= 0.3 is 5.97 Å². The number of aliphatic hydroxyl groups is 1. The molecule has 0 aliphatic carbocycles. The summed E-state index contributed by atoms with van der Waals surface area (Å²) in [7, 11) is 0. The number of carbonyl (C=O) groups excluding carboxylic acids is 2. The molecule has 1 aromatic rings. The molecule has 0 aliphatic rings. The van der Waals surface area contributed by atoms with Crippen LogP contribution in [-0.2, 0) is 9.59 Å². The molecule has 5 nitrogen and oxygen atoms in total. The fourth-order valence-corrected chi connectivity index (χ4v) is 1.15. The molecule has 0 atom stereocenters. The fourth-order valence-electron chi connectivity index (χ4n) is 1.15. The first-order valence-electron chi connectivity index (χ1n) is 4.75. The molecule has 0 aromatic heterocycles. The van der Waals surface area contributed by atoms with Crippen molar-refractivity contribution >= 4 is 17.5 Å². The van der Waals surface area contributed by atoms with Gasteiger partial charge in [0.05, 0.1) is 6.42 Å². The van der Waals surface area contributed by atoms with Gasteiger partial charge in [-0.1, -0.05) is 30.3 Å². The molecule has 0 saturated heterocycles. The lowest BCUT2D eigenvalue weighted by Gasteiger charge is -1.97. The van der Waals surface area contributed by atoms with Crippen LogP contribution in [0.1, 0.15) is 16.8 Å². The second-order valence-electron chi connectivity index (χ2n) is 3.27.